The van der Waals surface area contributed by atoms with Crippen LogP contribution in [0.3, 0.4) is 0 Å². The highest BCUT2D eigenvalue weighted by Gasteiger charge is 2.11. The minimum Gasteiger partial charge on any atom is -0.493 e. The van der Waals surface area contributed by atoms with E-state index in [9.17, 15) is 0 Å². The molecular weight excluding hydrogens is 306 g/mol. The van der Waals surface area contributed by atoms with E-state index in [1.54, 1.807) is 7.11 Å². The van der Waals surface area contributed by atoms with Crippen LogP contribution in [-0.4, -0.2) is 20.3 Å². The van der Waals surface area contributed by atoms with E-state index in [0.717, 1.165) is 21.5 Å². The van der Waals surface area contributed by atoms with Crippen LogP contribution in [0.15, 0.2) is 22.2 Å². The summed E-state index contributed by atoms with van der Waals surface area (Å²) in [5, 5.41) is 0. The van der Waals surface area contributed by atoms with Crippen molar-refractivity contribution in [1.29, 1.82) is 0 Å². The molecule has 0 saturated carbocycles. The molecule has 0 aromatic heterocycles. The second kappa shape index (κ2) is 7.56. The largest absolute Gasteiger partial charge is 0.493 e. The van der Waals surface area contributed by atoms with E-state index in [0.29, 0.717) is 19.1 Å². The first-order valence-electron chi connectivity index (χ1n) is 6.44. The van der Waals surface area contributed by atoms with Crippen molar-refractivity contribution in [3.8, 4) is 11.5 Å². The van der Waals surface area contributed by atoms with Gasteiger partial charge in [0.1, 0.15) is 0 Å². The molecule has 106 valence electrons. The summed E-state index contributed by atoms with van der Waals surface area (Å²) in [4.78, 5) is 0. The van der Waals surface area contributed by atoms with Crippen molar-refractivity contribution in [3.63, 3.8) is 0 Å². The third-order valence-electron chi connectivity index (χ3n) is 2.87. The zero-order valence-electron chi connectivity index (χ0n) is 12.0. The molecule has 19 heavy (non-hydrogen) atoms. The van der Waals surface area contributed by atoms with Gasteiger partial charge in [-0.05, 0) is 46.5 Å². The molecule has 0 aliphatic carbocycles. The van der Waals surface area contributed by atoms with Gasteiger partial charge in [-0.1, -0.05) is 25.5 Å². The highest BCUT2D eigenvalue weighted by Crippen LogP contribution is 2.37. The number of methoxy groups -OCH3 is 1. The molecule has 1 aromatic rings. The van der Waals surface area contributed by atoms with E-state index in [2.05, 4.69) is 35.9 Å². The molecule has 0 unspecified atom stereocenters. The van der Waals surface area contributed by atoms with Gasteiger partial charge in [0.2, 0.25) is 0 Å². The van der Waals surface area contributed by atoms with Crippen LogP contribution in [-0.2, 0) is 0 Å². The van der Waals surface area contributed by atoms with Gasteiger partial charge in [-0.3, -0.25) is 0 Å². The van der Waals surface area contributed by atoms with Crippen LogP contribution in [0.1, 0.15) is 26.3 Å². The maximum Gasteiger partial charge on any atom is 0.175 e. The molecule has 0 atom stereocenters. The Hall–Kier alpha value is -1.00. The number of rotatable bonds is 6. The molecular formula is C15H22BrNO2. The molecule has 0 fully saturated rings. The molecule has 1 rings (SSSR count). The number of benzene rings is 1. The van der Waals surface area contributed by atoms with Crippen LogP contribution in [0.5, 0.6) is 11.5 Å². The summed E-state index contributed by atoms with van der Waals surface area (Å²) in [7, 11) is 1.64. The van der Waals surface area contributed by atoms with Crippen molar-refractivity contribution < 1.29 is 9.47 Å². The summed E-state index contributed by atoms with van der Waals surface area (Å²) in [5.41, 5.74) is 8.04. The van der Waals surface area contributed by atoms with Gasteiger partial charge in [-0.15, -0.1) is 0 Å². The van der Waals surface area contributed by atoms with Crippen LogP contribution in [0.25, 0.3) is 6.08 Å². The summed E-state index contributed by atoms with van der Waals surface area (Å²) < 4.78 is 11.8. The Labute approximate surface area is 123 Å². The fourth-order valence-corrected chi connectivity index (χ4v) is 2.36. The fraction of sp³-hybridized carbons (Fsp3) is 0.467. The van der Waals surface area contributed by atoms with Crippen molar-refractivity contribution >= 4 is 22.0 Å². The lowest BCUT2D eigenvalue weighted by Gasteiger charge is -2.13. The van der Waals surface area contributed by atoms with Gasteiger partial charge < -0.3 is 15.2 Å². The van der Waals surface area contributed by atoms with Crippen molar-refractivity contribution in [3.05, 3.63) is 27.7 Å². The minimum atomic E-state index is 0.432. The van der Waals surface area contributed by atoms with Crippen LogP contribution in [0.2, 0.25) is 0 Å². The van der Waals surface area contributed by atoms with Gasteiger partial charge in [-0.25, -0.2) is 0 Å². The topological polar surface area (TPSA) is 44.5 Å². The highest BCUT2D eigenvalue weighted by atomic mass is 79.9. The monoisotopic (exact) mass is 327 g/mol. The second-order valence-corrected chi connectivity index (χ2v) is 5.40. The predicted molar refractivity (Wildman–Crippen MR) is 83.7 cm³/mol. The Morgan fingerprint density at radius 2 is 2.11 bits per heavy atom. The van der Waals surface area contributed by atoms with Gasteiger partial charge in [0.05, 0.1) is 18.2 Å². The zero-order valence-corrected chi connectivity index (χ0v) is 13.6. The first-order chi connectivity index (χ1) is 9.03. The zero-order chi connectivity index (χ0) is 14.4. The Morgan fingerprint density at radius 1 is 1.42 bits per heavy atom. The molecule has 0 spiro atoms. The molecule has 0 bridgehead atoms. The fourth-order valence-electron chi connectivity index (χ4n) is 1.78. The molecule has 0 amide bonds. The Morgan fingerprint density at radius 3 is 2.58 bits per heavy atom. The Kier molecular flexibility index (Phi) is 6.38. The smallest absolute Gasteiger partial charge is 0.175 e. The maximum atomic E-state index is 5.77. The third kappa shape index (κ3) is 4.25. The van der Waals surface area contributed by atoms with E-state index >= 15 is 0 Å². The lowest BCUT2D eigenvalue weighted by Crippen LogP contribution is -2.08. The van der Waals surface area contributed by atoms with E-state index in [-0.39, 0.29) is 0 Å². The van der Waals surface area contributed by atoms with Gasteiger partial charge in [0, 0.05) is 6.54 Å². The average Bonchev–Trinajstić information content (AvgIpc) is 2.38. The molecule has 3 nitrogen and oxygen atoms in total. The molecule has 4 heteroatoms. The predicted octanol–water partition coefficient (Wildman–Crippen LogP) is 3.85. The number of ether oxygens (including phenoxy) is 2. The molecule has 0 radical (unpaired) electrons. The summed E-state index contributed by atoms with van der Waals surface area (Å²) in [6, 6.07) is 3.99. The Balaban J connectivity index is 3.21. The average molecular weight is 328 g/mol. The highest BCUT2D eigenvalue weighted by molar-refractivity contribution is 9.10. The van der Waals surface area contributed by atoms with E-state index < -0.39 is 0 Å². The normalized spacial score (nSPS) is 11.8. The van der Waals surface area contributed by atoms with Crippen molar-refractivity contribution in [2.24, 2.45) is 11.7 Å². The molecule has 2 N–H and O–H groups in total. The van der Waals surface area contributed by atoms with Gasteiger partial charge >= 0.3 is 0 Å². The lowest BCUT2D eigenvalue weighted by atomic mass is 10.0. The van der Waals surface area contributed by atoms with Gasteiger partial charge in [-0.2, -0.15) is 0 Å². The first kappa shape index (κ1) is 16.1. The lowest BCUT2D eigenvalue weighted by molar-refractivity contribution is 0.309. The third-order valence-corrected chi connectivity index (χ3v) is 3.46. The van der Waals surface area contributed by atoms with Gasteiger partial charge in [0.15, 0.2) is 11.5 Å². The van der Waals surface area contributed by atoms with Crippen molar-refractivity contribution in [2.45, 2.75) is 20.8 Å². The van der Waals surface area contributed by atoms with Crippen LogP contribution in [0.4, 0.5) is 0 Å². The molecule has 1 aromatic carbocycles. The Bertz CT molecular complexity index is 456. The quantitative estimate of drug-likeness (QED) is 0.862. The van der Waals surface area contributed by atoms with E-state index in [4.69, 9.17) is 15.2 Å². The number of halogens is 1. The van der Waals surface area contributed by atoms with Crippen molar-refractivity contribution in [1.82, 2.24) is 0 Å². The number of nitrogens with two attached hydrogens (primary N) is 1. The first-order valence-corrected chi connectivity index (χ1v) is 7.23. The molecule has 0 aliphatic heterocycles. The summed E-state index contributed by atoms with van der Waals surface area (Å²) >= 11 is 3.52. The molecule has 0 aliphatic rings. The van der Waals surface area contributed by atoms with Crippen LogP contribution >= 0.6 is 15.9 Å². The van der Waals surface area contributed by atoms with Crippen LogP contribution < -0.4 is 15.2 Å². The summed E-state index contributed by atoms with van der Waals surface area (Å²) in [6.45, 7) is 7.39. The summed E-state index contributed by atoms with van der Waals surface area (Å²) in [6.07, 6.45) is 2.10. The van der Waals surface area contributed by atoms with E-state index in [1.165, 1.54) is 5.57 Å². The standard InChI is InChI=1S/C15H22BrNO2/c1-5-19-15-13(16)7-11(8-14(15)18-4)6-12(9-17)10(2)3/h6-8,10H,5,9,17H2,1-4H3. The summed E-state index contributed by atoms with van der Waals surface area (Å²) in [5.74, 6) is 1.89. The molecule has 0 heterocycles. The molecule has 0 saturated heterocycles. The maximum absolute atomic E-state index is 5.77. The van der Waals surface area contributed by atoms with Crippen molar-refractivity contribution in [2.75, 3.05) is 20.3 Å². The second-order valence-electron chi connectivity index (χ2n) is 4.55. The van der Waals surface area contributed by atoms with Gasteiger partial charge in [0.25, 0.3) is 0 Å². The SMILES string of the molecule is CCOc1c(Br)cc(C=C(CN)C(C)C)cc1OC. The number of hydrogen-bond acceptors (Lipinski definition) is 3. The minimum absolute atomic E-state index is 0.432. The van der Waals surface area contributed by atoms with Crippen LogP contribution in [0, 0.1) is 5.92 Å². The number of hydrogen-bond donors (Lipinski definition) is 1. The van der Waals surface area contributed by atoms with E-state index in [1.807, 2.05) is 19.1 Å².